The number of carbonyl (C=O) groups excluding carboxylic acids is 2. The Morgan fingerprint density at radius 2 is 1.93 bits per heavy atom. The highest BCUT2D eigenvalue weighted by Gasteiger charge is 2.46. The second-order valence-corrected chi connectivity index (χ2v) is 8.77. The summed E-state index contributed by atoms with van der Waals surface area (Å²) in [6.45, 7) is 2.60. The number of amides is 1. The van der Waals surface area contributed by atoms with Crippen LogP contribution in [0.25, 0.3) is 0 Å². The highest BCUT2D eigenvalue weighted by atomic mass is 16.7. The van der Waals surface area contributed by atoms with Gasteiger partial charge < -0.3 is 20.1 Å². The number of rotatable bonds is 4. The molecule has 3 heterocycles. The van der Waals surface area contributed by atoms with Crippen LogP contribution in [0.15, 0.2) is 18.2 Å². The molecule has 156 valence electrons. The van der Waals surface area contributed by atoms with Gasteiger partial charge in [0.2, 0.25) is 12.7 Å². The Balaban J connectivity index is 1.13. The first-order chi connectivity index (χ1) is 14.2. The van der Waals surface area contributed by atoms with Crippen LogP contribution >= 0.6 is 0 Å². The fourth-order valence-corrected chi connectivity index (χ4v) is 5.38. The maximum atomic E-state index is 13.0. The molecular formula is C22H29N3O4. The van der Waals surface area contributed by atoms with Crippen LogP contribution in [0.2, 0.25) is 0 Å². The zero-order valence-corrected chi connectivity index (χ0v) is 16.7. The van der Waals surface area contributed by atoms with Gasteiger partial charge >= 0.3 is 0 Å². The van der Waals surface area contributed by atoms with Gasteiger partial charge in [-0.15, -0.1) is 0 Å². The van der Waals surface area contributed by atoms with Crippen LogP contribution in [-0.4, -0.2) is 55.1 Å². The molecule has 5 rings (SSSR count). The van der Waals surface area contributed by atoms with Crippen LogP contribution in [-0.2, 0) is 16.1 Å². The Hall–Kier alpha value is -2.12. The second kappa shape index (κ2) is 7.95. The summed E-state index contributed by atoms with van der Waals surface area (Å²) < 4.78 is 10.7. The average molecular weight is 399 g/mol. The molecule has 4 unspecified atom stereocenters. The van der Waals surface area contributed by atoms with E-state index in [1.54, 1.807) is 0 Å². The molecule has 0 spiro atoms. The quantitative estimate of drug-likeness (QED) is 0.798. The van der Waals surface area contributed by atoms with Crippen LogP contribution in [0.4, 0.5) is 0 Å². The minimum absolute atomic E-state index is 0.00660. The fourth-order valence-electron chi connectivity index (χ4n) is 5.38. The van der Waals surface area contributed by atoms with Crippen molar-refractivity contribution in [1.29, 1.82) is 0 Å². The van der Waals surface area contributed by atoms with Crippen molar-refractivity contribution in [2.45, 2.75) is 50.7 Å². The topological polar surface area (TPSA) is 79.9 Å². The first-order valence-corrected chi connectivity index (χ1v) is 10.8. The number of likely N-dealkylation sites (tertiary alicyclic amines) is 1. The highest BCUT2D eigenvalue weighted by molar-refractivity contribution is 5.86. The molecule has 7 nitrogen and oxygen atoms in total. The van der Waals surface area contributed by atoms with E-state index in [9.17, 15) is 9.59 Å². The van der Waals surface area contributed by atoms with Gasteiger partial charge in [-0.25, -0.2) is 0 Å². The summed E-state index contributed by atoms with van der Waals surface area (Å²) >= 11 is 0. The third kappa shape index (κ3) is 3.85. The predicted molar refractivity (Wildman–Crippen MR) is 107 cm³/mol. The number of ketones is 1. The number of piperidine rings is 2. The Kier molecular flexibility index (Phi) is 5.18. The van der Waals surface area contributed by atoms with Gasteiger partial charge in [-0.05, 0) is 37.0 Å². The van der Waals surface area contributed by atoms with Gasteiger partial charge in [0.1, 0.15) is 5.78 Å². The first kappa shape index (κ1) is 18.9. The SMILES string of the molecule is O=C(CN1CCC2NC3CCCCC3C(=O)C2C1)NCc1ccc2c(c1)OCO2. The van der Waals surface area contributed by atoms with Gasteiger partial charge in [0.25, 0.3) is 0 Å². The van der Waals surface area contributed by atoms with Gasteiger partial charge in [0, 0.05) is 43.6 Å². The normalized spacial score (nSPS) is 31.1. The van der Waals surface area contributed by atoms with Crippen LogP contribution in [0.3, 0.4) is 0 Å². The number of nitrogens with one attached hydrogen (secondary N) is 2. The molecule has 4 atom stereocenters. The summed E-state index contributed by atoms with van der Waals surface area (Å²) in [6, 6.07) is 6.38. The first-order valence-electron chi connectivity index (χ1n) is 10.8. The van der Waals surface area contributed by atoms with E-state index in [0.29, 0.717) is 31.5 Å². The van der Waals surface area contributed by atoms with E-state index in [-0.39, 0.29) is 30.6 Å². The second-order valence-electron chi connectivity index (χ2n) is 8.77. The van der Waals surface area contributed by atoms with Crippen LogP contribution in [0.1, 0.15) is 37.7 Å². The van der Waals surface area contributed by atoms with E-state index in [0.717, 1.165) is 49.3 Å². The van der Waals surface area contributed by atoms with Gasteiger partial charge in [-0.1, -0.05) is 18.9 Å². The summed E-state index contributed by atoms with van der Waals surface area (Å²) in [7, 11) is 0. The molecule has 0 radical (unpaired) electrons. The summed E-state index contributed by atoms with van der Waals surface area (Å²) in [4.78, 5) is 27.7. The molecule has 2 saturated heterocycles. The van der Waals surface area contributed by atoms with E-state index in [4.69, 9.17) is 9.47 Å². The van der Waals surface area contributed by atoms with Crippen LogP contribution in [0.5, 0.6) is 11.5 Å². The summed E-state index contributed by atoms with van der Waals surface area (Å²) in [5.74, 6) is 2.11. The minimum atomic E-state index is -0.00660. The molecule has 1 aromatic rings. The summed E-state index contributed by atoms with van der Waals surface area (Å²) in [5.41, 5.74) is 0.983. The molecule has 1 aromatic carbocycles. The van der Waals surface area contributed by atoms with Crippen molar-refractivity contribution >= 4 is 11.7 Å². The number of benzene rings is 1. The lowest BCUT2D eigenvalue weighted by molar-refractivity contribution is -0.136. The predicted octanol–water partition coefficient (Wildman–Crippen LogP) is 1.45. The largest absolute Gasteiger partial charge is 0.454 e. The Bertz CT molecular complexity index is 798. The Morgan fingerprint density at radius 3 is 2.86 bits per heavy atom. The molecule has 2 N–H and O–H groups in total. The molecule has 1 saturated carbocycles. The third-order valence-corrected chi connectivity index (χ3v) is 6.92. The van der Waals surface area contributed by atoms with E-state index in [1.807, 2.05) is 18.2 Å². The van der Waals surface area contributed by atoms with E-state index < -0.39 is 0 Å². The van der Waals surface area contributed by atoms with E-state index >= 15 is 0 Å². The molecular weight excluding hydrogens is 370 g/mol. The monoisotopic (exact) mass is 399 g/mol. The average Bonchev–Trinajstić information content (AvgIpc) is 3.21. The highest BCUT2D eigenvalue weighted by Crippen LogP contribution is 2.35. The molecule has 7 heteroatoms. The number of ether oxygens (including phenoxy) is 2. The number of nitrogens with zero attached hydrogens (tertiary/aromatic N) is 1. The maximum Gasteiger partial charge on any atom is 0.234 e. The van der Waals surface area contributed by atoms with Crippen LogP contribution in [0, 0.1) is 11.8 Å². The smallest absolute Gasteiger partial charge is 0.234 e. The number of hydrogen-bond donors (Lipinski definition) is 2. The number of Topliss-reactive ketones (excluding diaryl/α,β-unsaturated/α-hetero) is 1. The van der Waals surface area contributed by atoms with E-state index in [1.165, 1.54) is 6.42 Å². The van der Waals surface area contributed by atoms with Crippen molar-refractivity contribution in [3.05, 3.63) is 23.8 Å². The lowest BCUT2D eigenvalue weighted by atomic mass is 9.70. The lowest BCUT2D eigenvalue weighted by Gasteiger charge is -2.48. The molecule has 1 aliphatic carbocycles. The van der Waals surface area contributed by atoms with E-state index in [2.05, 4.69) is 15.5 Å². The van der Waals surface area contributed by atoms with Crippen molar-refractivity contribution in [2.24, 2.45) is 11.8 Å². The molecule has 3 aliphatic heterocycles. The fraction of sp³-hybridized carbons (Fsp3) is 0.636. The molecule has 29 heavy (non-hydrogen) atoms. The molecule has 4 aliphatic rings. The minimum Gasteiger partial charge on any atom is -0.454 e. The van der Waals surface area contributed by atoms with Crippen LogP contribution < -0.4 is 20.1 Å². The van der Waals surface area contributed by atoms with Gasteiger partial charge in [-0.3, -0.25) is 14.5 Å². The zero-order valence-electron chi connectivity index (χ0n) is 16.7. The standard InChI is InChI=1S/C22H29N3O4/c26-21(23-10-14-5-6-19-20(9-14)29-13-28-19)12-25-8-7-18-16(11-25)22(27)15-3-1-2-4-17(15)24-18/h5-6,9,15-18,24H,1-4,7-8,10-13H2,(H,23,26). The van der Waals surface area contributed by atoms with Crippen molar-refractivity contribution in [1.82, 2.24) is 15.5 Å². The zero-order chi connectivity index (χ0) is 19.8. The molecule has 0 aromatic heterocycles. The Morgan fingerprint density at radius 1 is 1.10 bits per heavy atom. The molecule has 1 amide bonds. The summed E-state index contributed by atoms with van der Waals surface area (Å²) in [6.07, 6.45) is 5.49. The number of hydrogen-bond acceptors (Lipinski definition) is 6. The van der Waals surface area contributed by atoms with Crippen molar-refractivity contribution in [2.75, 3.05) is 26.4 Å². The van der Waals surface area contributed by atoms with Gasteiger partial charge in [0.15, 0.2) is 11.5 Å². The van der Waals surface area contributed by atoms with Crippen molar-refractivity contribution in [3.8, 4) is 11.5 Å². The van der Waals surface area contributed by atoms with Gasteiger partial charge in [-0.2, -0.15) is 0 Å². The number of fused-ring (bicyclic) bond motifs is 3. The van der Waals surface area contributed by atoms with Gasteiger partial charge in [0.05, 0.1) is 6.54 Å². The van der Waals surface area contributed by atoms with Crippen molar-refractivity contribution in [3.63, 3.8) is 0 Å². The maximum absolute atomic E-state index is 13.0. The molecule has 0 bridgehead atoms. The Labute approximate surface area is 171 Å². The third-order valence-electron chi connectivity index (χ3n) is 6.92. The van der Waals surface area contributed by atoms with Crippen molar-refractivity contribution < 1.29 is 19.1 Å². The lowest BCUT2D eigenvalue weighted by Crippen LogP contribution is -2.63. The number of carbonyl (C=O) groups is 2. The molecule has 3 fully saturated rings. The summed E-state index contributed by atoms with van der Waals surface area (Å²) in [5, 5.41) is 6.75.